The van der Waals surface area contributed by atoms with E-state index in [-0.39, 0.29) is 6.61 Å². The fraction of sp³-hybridized carbons (Fsp3) is 0.625. The number of piperazine rings is 1. The van der Waals surface area contributed by atoms with Crippen molar-refractivity contribution in [3.05, 3.63) is 28.2 Å². The highest BCUT2D eigenvalue weighted by Gasteiger charge is 2.22. The zero-order valence-corrected chi connectivity index (χ0v) is 14.0. The highest BCUT2D eigenvalue weighted by molar-refractivity contribution is 9.10. The van der Waals surface area contributed by atoms with Crippen LogP contribution in [0.15, 0.2) is 22.7 Å². The second-order valence-corrected chi connectivity index (χ2v) is 6.90. The summed E-state index contributed by atoms with van der Waals surface area (Å²) < 4.78 is 1.14. The van der Waals surface area contributed by atoms with Gasteiger partial charge in [-0.15, -0.1) is 0 Å². The fourth-order valence-electron chi connectivity index (χ4n) is 2.88. The largest absolute Gasteiger partial charge is 0.395 e. The Morgan fingerprint density at radius 1 is 1.19 bits per heavy atom. The number of hydrogen-bond donors (Lipinski definition) is 2. The van der Waals surface area contributed by atoms with Gasteiger partial charge in [-0.05, 0) is 30.5 Å². The Labute approximate surface area is 135 Å². The number of β-amino-alcohol motifs (C(OH)–C–C–N with tert-alkyl or cyclic N) is 1. The third-order valence-electron chi connectivity index (χ3n) is 4.34. The minimum Gasteiger partial charge on any atom is -0.395 e. The molecule has 1 aliphatic heterocycles. The maximum Gasteiger partial charge on any atom is 0.0558 e. The molecular formula is C16H24BrN3O. The van der Waals surface area contributed by atoms with Crippen molar-refractivity contribution < 1.29 is 5.11 Å². The first-order chi connectivity index (χ1) is 10.3. The molecule has 1 aromatic rings. The van der Waals surface area contributed by atoms with Gasteiger partial charge in [0, 0.05) is 55.5 Å². The summed E-state index contributed by atoms with van der Waals surface area (Å²) in [5.74, 6) is 0. The van der Waals surface area contributed by atoms with Crippen molar-refractivity contribution in [3.8, 4) is 0 Å². The second kappa shape index (κ2) is 7.09. The Morgan fingerprint density at radius 3 is 2.62 bits per heavy atom. The third-order valence-corrected chi connectivity index (χ3v) is 4.83. The second-order valence-electron chi connectivity index (χ2n) is 5.98. The predicted octanol–water partition coefficient (Wildman–Crippen LogP) is 1.82. The highest BCUT2D eigenvalue weighted by Crippen LogP contribution is 2.27. The van der Waals surface area contributed by atoms with Crippen LogP contribution in [0.1, 0.15) is 18.4 Å². The highest BCUT2D eigenvalue weighted by atomic mass is 79.9. The van der Waals surface area contributed by atoms with Gasteiger partial charge in [0.15, 0.2) is 0 Å². The van der Waals surface area contributed by atoms with Gasteiger partial charge in [0.1, 0.15) is 0 Å². The van der Waals surface area contributed by atoms with Crippen molar-refractivity contribution in [3.63, 3.8) is 0 Å². The van der Waals surface area contributed by atoms with Crippen molar-refractivity contribution >= 4 is 21.6 Å². The predicted molar refractivity (Wildman–Crippen MR) is 89.7 cm³/mol. The summed E-state index contributed by atoms with van der Waals surface area (Å²) in [7, 11) is 0. The van der Waals surface area contributed by atoms with Gasteiger partial charge in [-0.25, -0.2) is 0 Å². The maximum absolute atomic E-state index is 9.04. The normalized spacial score (nSPS) is 20.0. The minimum atomic E-state index is 0.257. The molecule has 1 saturated carbocycles. The number of nitrogens with one attached hydrogen (secondary N) is 1. The van der Waals surface area contributed by atoms with Gasteiger partial charge in [0.25, 0.3) is 0 Å². The van der Waals surface area contributed by atoms with E-state index in [1.54, 1.807) is 0 Å². The molecule has 0 spiro atoms. The molecule has 2 aliphatic rings. The smallest absolute Gasteiger partial charge is 0.0558 e. The molecule has 5 heteroatoms. The van der Waals surface area contributed by atoms with E-state index in [9.17, 15) is 0 Å². The number of aliphatic hydroxyl groups excluding tert-OH is 1. The Hall–Kier alpha value is -0.620. The molecular weight excluding hydrogens is 330 g/mol. The standard InChI is InChI=1S/C16H24BrN3O/c17-14-2-1-13(12-18-15-3-4-15)16(11-14)20-7-5-19(6-8-20)9-10-21/h1-2,11,15,18,21H,3-10,12H2. The van der Waals surface area contributed by atoms with Crippen LogP contribution in [-0.2, 0) is 6.54 Å². The maximum atomic E-state index is 9.04. The van der Waals surface area contributed by atoms with Gasteiger partial charge in [-0.2, -0.15) is 0 Å². The topological polar surface area (TPSA) is 38.7 Å². The van der Waals surface area contributed by atoms with Crippen LogP contribution in [0.25, 0.3) is 0 Å². The van der Waals surface area contributed by atoms with Gasteiger partial charge < -0.3 is 15.3 Å². The van der Waals surface area contributed by atoms with Crippen LogP contribution < -0.4 is 10.2 Å². The van der Waals surface area contributed by atoms with Gasteiger partial charge in [-0.3, -0.25) is 4.90 Å². The Morgan fingerprint density at radius 2 is 1.95 bits per heavy atom. The lowest BCUT2D eigenvalue weighted by Gasteiger charge is -2.37. The Kier molecular flexibility index (Phi) is 5.16. The van der Waals surface area contributed by atoms with E-state index in [2.05, 4.69) is 49.2 Å². The van der Waals surface area contributed by atoms with Crippen LogP contribution in [-0.4, -0.2) is 55.4 Å². The molecule has 0 bridgehead atoms. The number of nitrogens with zero attached hydrogens (tertiary/aromatic N) is 2. The molecule has 3 rings (SSSR count). The summed E-state index contributed by atoms with van der Waals surface area (Å²) in [6.45, 7) is 6.14. The molecule has 1 aliphatic carbocycles. The van der Waals surface area contributed by atoms with E-state index in [1.807, 2.05) is 0 Å². The average molecular weight is 354 g/mol. The van der Waals surface area contributed by atoms with E-state index >= 15 is 0 Å². The van der Waals surface area contributed by atoms with Crippen LogP contribution in [0, 0.1) is 0 Å². The van der Waals surface area contributed by atoms with Crippen molar-refractivity contribution in [2.24, 2.45) is 0 Å². The van der Waals surface area contributed by atoms with Crippen LogP contribution >= 0.6 is 15.9 Å². The van der Waals surface area contributed by atoms with Crippen molar-refractivity contribution in [2.45, 2.75) is 25.4 Å². The number of anilines is 1. The number of halogens is 1. The molecule has 0 amide bonds. The summed E-state index contributed by atoms with van der Waals surface area (Å²) in [5.41, 5.74) is 2.74. The van der Waals surface area contributed by atoms with Crippen LogP contribution in [0.4, 0.5) is 5.69 Å². The summed E-state index contributed by atoms with van der Waals surface area (Å²) in [4.78, 5) is 4.80. The van der Waals surface area contributed by atoms with Crippen LogP contribution in [0.5, 0.6) is 0 Å². The Balaban J connectivity index is 1.66. The monoisotopic (exact) mass is 353 g/mol. The summed E-state index contributed by atoms with van der Waals surface area (Å²) in [5, 5.41) is 12.7. The van der Waals surface area contributed by atoms with Gasteiger partial charge in [0.2, 0.25) is 0 Å². The van der Waals surface area contributed by atoms with Gasteiger partial charge in [0.05, 0.1) is 6.61 Å². The van der Waals surface area contributed by atoms with Crippen molar-refractivity contribution in [1.82, 2.24) is 10.2 Å². The lowest BCUT2D eigenvalue weighted by Crippen LogP contribution is -2.47. The molecule has 0 atom stereocenters. The molecule has 4 nitrogen and oxygen atoms in total. The molecule has 1 aromatic carbocycles. The number of benzene rings is 1. The molecule has 0 unspecified atom stereocenters. The molecule has 0 radical (unpaired) electrons. The molecule has 21 heavy (non-hydrogen) atoms. The van der Waals surface area contributed by atoms with E-state index in [4.69, 9.17) is 5.11 Å². The lowest BCUT2D eigenvalue weighted by atomic mass is 10.1. The summed E-state index contributed by atoms with van der Waals surface area (Å²) in [6, 6.07) is 7.35. The van der Waals surface area contributed by atoms with Gasteiger partial charge >= 0.3 is 0 Å². The van der Waals surface area contributed by atoms with Crippen molar-refractivity contribution in [2.75, 3.05) is 44.2 Å². The Bertz CT molecular complexity index is 471. The number of rotatable bonds is 6. The first kappa shape index (κ1) is 15.3. The van der Waals surface area contributed by atoms with E-state index in [1.165, 1.54) is 24.1 Å². The van der Waals surface area contributed by atoms with E-state index < -0.39 is 0 Å². The molecule has 0 aromatic heterocycles. The zero-order valence-electron chi connectivity index (χ0n) is 12.4. The SMILES string of the molecule is OCCN1CCN(c2cc(Br)ccc2CNC2CC2)CC1. The molecule has 1 saturated heterocycles. The average Bonchev–Trinajstić information content (AvgIpc) is 3.31. The minimum absolute atomic E-state index is 0.257. The number of aliphatic hydroxyl groups is 1. The van der Waals surface area contributed by atoms with Gasteiger partial charge in [-0.1, -0.05) is 22.0 Å². The zero-order chi connectivity index (χ0) is 14.7. The molecule has 2 N–H and O–H groups in total. The number of hydrogen-bond acceptors (Lipinski definition) is 4. The lowest BCUT2D eigenvalue weighted by molar-refractivity contribution is 0.188. The summed E-state index contributed by atoms with van der Waals surface area (Å²) >= 11 is 3.60. The third kappa shape index (κ3) is 4.19. The quantitative estimate of drug-likeness (QED) is 0.818. The fourth-order valence-corrected chi connectivity index (χ4v) is 3.23. The van der Waals surface area contributed by atoms with E-state index in [0.717, 1.165) is 49.8 Å². The molecule has 116 valence electrons. The van der Waals surface area contributed by atoms with E-state index in [0.29, 0.717) is 0 Å². The molecule has 2 fully saturated rings. The molecule has 1 heterocycles. The first-order valence-electron chi connectivity index (χ1n) is 7.86. The summed E-state index contributed by atoms with van der Waals surface area (Å²) in [6.07, 6.45) is 2.65. The van der Waals surface area contributed by atoms with Crippen LogP contribution in [0.2, 0.25) is 0 Å². The first-order valence-corrected chi connectivity index (χ1v) is 8.65. The van der Waals surface area contributed by atoms with Crippen molar-refractivity contribution in [1.29, 1.82) is 0 Å². The van der Waals surface area contributed by atoms with Crippen LogP contribution in [0.3, 0.4) is 0 Å².